The van der Waals surface area contributed by atoms with E-state index < -0.39 is 24.0 Å². The molecule has 0 aliphatic rings. The molecule has 0 aliphatic heterocycles. The van der Waals surface area contributed by atoms with Gasteiger partial charge >= 0.3 is 6.61 Å². The van der Waals surface area contributed by atoms with E-state index in [2.05, 4.69) is 30.1 Å². The minimum absolute atomic E-state index is 0.244. The largest absolute Gasteiger partial charge is 0.491 e. The summed E-state index contributed by atoms with van der Waals surface area (Å²) in [5, 5.41) is 8.33. The zero-order valence-corrected chi connectivity index (χ0v) is 19.2. The van der Waals surface area contributed by atoms with Gasteiger partial charge in [-0.1, -0.05) is 18.2 Å². The van der Waals surface area contributed by atoms with Gasteiger partial charge in [0, 0.05) is 41.2 Å². The molecule has 0 saturated carbocycles. The number of anilines is 2. The van der Waals surface area contributed by atoms with Gasteiger partial charge in [0.05, 0.1) is 25.4 Å². The molecule has 0 amide bonds. The fourth-order valence-electron chi connectivity index (χ4n) is 3.76. The lowest BCUT2D eigenvalue weighted by molar-refractivity contribution is -0.0501. The molecule has 0 bridgehead atoms. The maximum atomic E-state index is 14.7. The minimum Gasteiger partial charge on any atom is -0.491 e. The van der Waals surface area contributed by atoms with Crippen LogP contribution in [0.1, 0.15) is 5.56 Å². The molecule has 0 saturated heterocycles. The van der Waals surface area contributed by atoms with Crippen LogP contribution in [0.3, 0.4) is 0 Å². The number of para-hydroxylation sites is 1. The van der Waals surface area contributed by atoms with Crippen molar-refractivity contribution in [2.24, 2.45) is 0 Å². The van der Waals surface area contributed by atoms with Crippen LogP contribution >= 0.6 is 0 Å². The van der Waals surface area contributed by atoms with Crippen molar-refractivity contribution in [3.63, 3.8) is 0 Å². The summed E-state index contributed by atoms with van der Waals surface area (Å²) in [5.41, 5.74) is 1.29. The average Bonchev–Trinajstić information content (AvgIpc) is 3.25. The van der Waals surface area contributed by atoms with E-state index in [1.54, 1.807) is 48.8 Å². The lowest BCUT2D eigenvalue weighted by Gasteiger charge is -2.11. The SMILES string of the molecule is COc1cnc(-c2nn(Cc3c(F)cc(OC(F)F)cc3F)c3ccccc23)nc1Nc1ccncc1. The standard InChI is InChI=1S/C25H18F4N6O2/c1-36-21-12-31-24(33-23(21)32-14-6-8-30-9-7-14)22-16-4-2-3-5-20(16)35(34-22)13-17-18(26)10-15(11-19(17)27)37-25(28)29/h2-12,25H,13H2,1H3,(H,30,31,32,33). The van der Waals surface area contributed by atoms with Gasteiger partial charge in [0.15, 0.2) is 17.4 Å². The Labute approximate surface area is 207 Å². The minimum atomic E-state index is -3.20. The molecule has 188 valence electrons. The fraction of sp³-hybridized carbons (Fsp3) is 0.120. The van der Waals surface area contributed by atoms with Crippen LogP contribution in [0.5, 0.6) is 11.5 Å². The van der Waals surface area contributed by atoms with Crippen molar-refractivity contribution in [3.8, 4) is 23.0 Å². The number of alkyl halides is 2. The number of ether oxygens (including phenoxy) is 2. The van der Waals surface area contributed by atoms with Gasteiger partial charge in [0.2, 0.25) is 0 Å². The summed E-state index contributed by atoms with van der Waals surface area (Å²) >= 11 is 0. The number of aromatic nitrogens is 5. The number of fused-ring (bicyclic) bond motifs is 1. The molecule has 3 aromatic heterocycles. The van der Waals surface area contributed by atoms with Gasteiger partial charge < -0.3 is 14.8 Å². The third-order valence-electron chi connectivity index (χ3n) is 5.44. The Morgan fingerprint density at radius 3 is 2.46 bits per heavy atom. The van der Waals surface area contributed by atoms with Crippen LogP contribution in [-0.2, 0) is 6.54 Å². The van der Waals surface area contributed by atoms with Gasteiger partial charge in [0.25, 0.3) is 0 Å². The smallest absolute Gasteiger partial charge is 0.387 e. The highest BCUT2D eigenvalue weighted by molar-refractivity contribution is 5.92. The van der Waals surface area contributed by atoms with Crippen LogP contribution < -0.4 is 14.8 Å². The lowest BCUT2D eigenvalue weighted by Crippen LogP contribution is -2.09. The monoisotopic (exact) mass is 510 g/mol. The topological polar surface area (TPSA) is 87.0 Å². The lowest BCUT2D eigenvalue weighted by atomic mass is 10.1. The second-order valence-corrected chi connectivity index (χ2v) is 7.74. The molecule has 8 nitrogen and oxygen atoms in total. The van der Waals surface area contributed by atoms with Gasteiger partial charge in [-0.2, -0.15) is 13.9 Å². The number of nitrogens with one attached hydrogen (secondary N) is 1. The van der Waals surface area contributed by atoms with Crippen molar-refractivity contribution < 1.29 is 27.0 Å². The second-order valence-electron chi connectivity index (χ2n) is 7.74. The number of hydrogen-bond acceptors (Lipinski definition) is 7. The summed E-state index contributed by atoms with van der Waals surface area (Å²) in [7, 11) is 1.49. The summed E-state index contributed by atoms with van der Waals surface area (Å²) in [6.07, 6.45) is 4.73. The molecule has 12 heteroatoms. The maximum absolute atomic E-state index is 14.7. The number of hydrogen-bond donors (Lipinski definition) is 1. The Kier molecular flexibility index (Phi) is 6.54. The van der Waals surface area contributed by atoms with E-state index in [1.165, 1.54) is 18.0 Å². The van der Waals surface area contributed by atoms with Gasteiger partial charge in [-0.05, 0) is 18.2 Å². The molecule has 0 fully saturated rings. The molecule has 0 spiro atoms. The Balaban J connectivity index is 1.55. The van der Waals surface area contributed by atoms with E-state index in [0.29, 0.717) is 40.3 Å². The summed E-state index contributed by atoms with van der Waals surface area (Å²) in [5.74, 6) is -1.68. The summed E-state index contributed by atoms with van der Waals surface area (Å²) in [6.45, 7) is -3.52. The quantitative estimate of drug-likeness (QED) is 0.273. The van der Waals surface area contributed by atoms with E-state index in [-0.39, 0.29) is 17.9 Å². The normalized spacial score (nSPS) is 11.2. The molecule has 37 heavy (non-hydrogen) atoms. The van der Waals surface area contributed by atoms with Gasteiger partial charge in [-0.25, -0.2) is 18.7 Å². The van der Waals surface area contributed by atoms with E-state index in [9.17, 15) is 17.6 Å². The fourth-order valence-corrected chi connectivity index (χ4v) is 3.76. The van der Waals surface area contributed by atoms with Gasteiger partial charge in [0.1, 0.15) is 23.1 Å². The third-order valence-corrected chi connectivity index (χ3v) is 5.44. The van der Waals surface area contributed by atoms with Crippen LogP contribution in [0, 0.1) is 11.6 Å². The third kappa shape index (κ3) is 4.99. The van der Waals surface area contributed by atoms with E-state index in [1.807, 2.05) is 0 Å². The summed E-state index contributed by atoms with van der Waals surface area (Å²) in [4.78, 5) is 12.9. The van der Waals surface area contributed by atoms with Crippen LogP contribution in [-0.4, -0.2) is 38.5 Å². The van der Waals surface area contributed by atoms with E-state index >= 15 is 0 Å². The van der Waals surface area contributed by atoms with Crippen molar-refractivity contribution in [2.45, 2.75) is 13.2 Å². The molecule has 0 aliphatic carbocycles. The number of methoxy groups -OCH3 is 1. The molecule has 1 N–H and O–H groups in total. The molecule has 3 heterocycles. The number of benzene rings is 2. The predicted octanol–water partition coefficient (Wildman–Crippen LogP) is 5.57. The molecule has 2 aromatic carbocycles. The molecule has 5 rings (SSSR count). The van der Waals surface area contributed by atoms with Crippen molar-refractivity contribution >= 4 is 22.4 Å². The zero-order valence-electron chi connectivity index (χ0n) is 19.2. The van der Waals surface area contributed by atoms with E-state index in [0.717, 1.165) is 5.69 Å². The number of nitrogens with zero attached hydrogens (tertiary/aromatic N) is 5. The van der Waals surface area contributed by atoms with E-state index in [4.69, 9.17) is 4.74 Å². The van der Waals surface area contributed by atoms with Gasteiger partial charge in [-0.3, -0.25) is 9.67 Å². The van der Waals surface area contributed by atoms with Gasteiger partial charge in [-0.15, -0.1) is 0 Å². The maximum Gasteiger partial charge on any atom is 0.387 e. The van der Waals surface area contributed by atoms with Crippen LogP contribution in [0.2, 0.25) is 0 Å². The first kappa shape index (κ1) is 24.0. The molecular weight excluding hydrogens is 492 g/mol. The molecule has 5 aromatic rings. The first-order chi connectivity index (χ1) is 17.9. The number of pyridine rings is 1. The van der Waals surface area contributed by atoms with Crippen LogP contribution in [0.25, 0.3) is 22.4 Å². The molecule has 0 radical (unpaired) electrons. The zero-order chi connectivity index (χ0) is 25.9. The molecular formula is C25H18F4N6O2. The van der Waals surface area contributed by atoms with Crippen LogP contribution in [0.4, 0.5) is 29.1 Å². The summed E-state index contributed by atoms with van der Waals surface area (Å²) < 4.78 is 65.1. The highest BCUT2D eigenvalue weighted by atomic mass is 19.3. The highest BCUT2D eigenvalue weighted by Gasteiger charge is 2.20. The van der Waals surface area contributed by atoms with Crippen molar-refractivity contribution in [2.75, 3.05) is 12.4 Å². The van der Waals surface area contributed by atoms with Crippen molar-refractivity contribution in [1.29, 1.82) is 0 Å². The average molecular weight is 510 g/mol. The Hall–Kier alpha value is -4.74. The van der Waals surface area contributed by atoms with Crippen LogP contribution in [0.15, 0.2) is 67.1 Å². The number of halogens is 4. The highest BCUT2D eigenvalue weighted by Crippen LogP contribution is 2.31. The summed E-state index contributed by atoms with van der Waals surface area (Å²) in [6, 6.07) is 12.0. The Bertz CT molecular complexity index is 1540. The Morgan fingerprint density at radius 2 is 1.76 bits per heavy atom. The van der Waals surface area contributed by atoms with Crippen molar-refractivity contribution in [3.05, 3.63) is 84.3 Å². The Morgan fingerprint density at radius 1 is 1.03 bits per heavy atom. The first-order valence-corrected chi connectivity index (χ1v) is 10.9. The molecule has 0 unspecified atom stereocenters. The predicted molar refractivity (Wildman–Crippen MR) is 127 cm³/mol. The van der Waals surface area contributed by atoms with Crippen molar-refractivity contribution in [1.82, 2.24) is 24.7 Å². The molecule has 0 atom stereocenters. The second kappa shape index (κ2) is 10.1. The number of rotatable bonds is 8. The first-order valence-electron chi connectivity index (χ1n) is 10.9.